The molecule has 0 saturated carbocycles. The molecular formula is C16H11N3O2. The lowest BCUT2D eigenvalue weighted by molar-refractivity contribution is 0.475. The fourth-order valence-electron chi connectivity index (χ4n) is 2.13. The van der Waals surface area contributed by atoms with Gasteiger partial charge in [0, 0.05) is 5.56 Å². The summed E-state index contributed by atoms with van der Waals surface area (Å²) >= 11 is 0. The summed E-state index contributed by atoms with van der Waals surface area (Å²) in [5, 5.41) is 18.9. The first-order chi connectivity index (χ1) is 10.2. The Labute approximate surface area is 120 Å². The van der Waals surface area contributed by atoms with Crippen molar-refractivity contribution in [1.82, 2.24) is 4.98 Å². The van der Waals surface area contributed by atoms with E-state index in [0.29, 0.717) is 22.6 Å². The molecule has 0 atom stereocenters. The van der Waals surface area contributed by atoms with Gasteiger partial charge in [0.15, 0.2) is 5.76 Å². The zero-order valence-corrected chi connectivity index (χ0v) is 10.9. The molecule has 5 nitrogen and oxygen atoms in total. The third-order valence-corrected chi connectivity index (χ3v) is 3.09. The fraction of sp³-hybridized carbons (Fsp3) is 0. The maximum absolute atomic E-state index is 9.61. The van der Waals surface area contributed by atoms with Gasteiger partial charge in [-0.05, 0) is 35.9 Å². The SMILES string of the molecule is N#Cc1c(-c2cccc(O)c2)cc(-c2ccco2)nc1N. The molecule has 0 amide bonds. The topological polar surface area (TPSA) is 96.1 Å². The molecule has 3 aromatic rings. The zero-order valence-electron chi connectivity index (χ0n) is 10.9. The predicted molar refractivity (Wildman–Crippen MR) is 78.2 cm³/mol. The number of aromatic nitrogens is 1. The second-order valence-corrected chi connectivity index (χ2v) is 4.45. The van der Waals surface area contributed by atoms with Gasteiger partial charge in [0.25, 0.3) is 0 Å². The molecule has 2 aromatic heterocycles. The van der Waals surface area contributed by atoms with Crippen LogP contribution in [-0.2, 0) is 0 Å². The molecule has 0 aliphatic rings. The van der Waals surface area contributed by atoms with Crippen molar-refractivity contribution in [2.45, 2.75) is 0 Å². The molecule has 0 radical (unpaired) electrons. The number of hydrogen-bond donors (Lipinski definition) is 2. The first kappa shape index (κ1) is 12.8. The molecule has 0 aliphatic carbocycles. The van der Waals surface area contributed by atoms with Crippen LogP contribution >= 0.6 is 0 Å². The van der Waals surface area contributed by atoms with Crippen LogP contribution in [0.3, 0.4) is 0 Å². The van der Waals surface area contributed by atoms with Gasteiger partial charge in [0.1, 0.15) is 28.9 Å². The number of hydrogen-bond acceptors (Lipinski definition) is 5. The van der Waals surface area contributed by atoms with Crippen LogP contribution in [0.4, 0.5) is 5.82 Å². The number of anilines is 1. The van der Waals surface area contributed by atoms with E-state index in [1.54, 1.807) is 48.7 Å². The Morgan fingerprint density at radius 1 is 1.19 bits per heavy atom. The van der Waals surface area contributed by atoms with Crippen LogP contribution in [0.15, 0.2) is 53.1 Å². The Balaban J connectivity index is 2.25. The minimum atomic E-state index is 0.117. The minimum absolute atomic E-state index is 0.117. The average molecular weight is 277 g/mol. The van der Waals surface area contributed by atoms with Crippen molar-refractivity contribution in [3.05, 3.63) is 54.3 Å². The van der Waals surface area contributed by atoms with Gasteiger partial charge in [-0.15, -0.1) is 0 Å². The summed E-state index contributed by atoms with van der Waals surface area (Å²) in [6.07, 6.45) is 1.54. The number of aromatic hydroxyl groups is 1. The van der Waals surface area contributed by atoms with E-state index in [1.165, 1.54) is 0 Å². The Kier molecular flexibility index (Phi) is 3.05. The summed E-state index contributed by atoms with van der Waals surface area (Å²) in [6.45, 7) is 0. The van der Waals surface area contributed by atoms with Crippen molar-refractivity contribution in [2.75, 3.05) is 5.73 Å². The lowest BCUT2D eigenvalue weighted by Gasteiger charge is -2.09. The lowest BCUT2D eigenvalue weighted by atomic mass is 9.99. The molecule has 2 heterocycles. The van der Waals surface area contributed by atoms with E-state index < -0.39 is 0 Å². The monoisotopic (exact) mass is 277 g/mol. The second-order valence-electron chi connectivity index (χ2n) is 4.45. The third-order valence-electron chi connectivity index (χ3n) is 3.09. The van der Waals surface area contributed by atoms with Gasteiger partial charge in [0.2, 0.25) is 0 Å². The molecule has 0 saturated heterocycles. The van der Waals surface area contributed by atoms with E-state index in [0.717, 1.165) is 0 Å². The summed E-state index contributed by atoms with van der Waals surface area (Å²) < 4.78 is 5.31. The molecular weight excluding hydrogens is 266 g/mol. The number of rotatable bonds is 2. The Hall–Kier alpha value is -3.26. The molecule has 0 unspecified atom stereocenters. The van der Waals surface area contributed by atoms with Crippen molar-refractivity contribution in [3.8, 4) is 34.4 Å². The van der Waals surface area contributed by atoms with Crippen LogP contribution in [0, 0.1) is 11.3 Å². The van der Waals surface area contributed by atoms with E-state index in [9.17, 15) is 10.4 Å². The van der Waals surface area contributed by atoms with E-state index in [1.807, 2.05) is 0 Å². The van der Waals surface area contributed by atoms with Gasteiger partial charge in [-0.25, -0.2) is 4.98 Å². The normalized spacial score (nSPS) is 10.2. The van der Waals surface area contributed by atoms with Crippen LogP contribution in [0.25, 0.3) is 22.6 Å². The molecule has 1 aromatic carbocycles. The zero-order chi connectivity index (χ0) is 14.8. The van der Waals surface area contributed by atoms with Gasteiger partial charge in [-0.3, -0.25) is 0 Å². The number of nitrogen functional groups attached to an aromatic ring is 1. The number of phenols is 1. The van der Waals surface area contributed by atoms with Crippen LogP contribution in [-0.4, -0.2) is 10.1 Å². The van der Waals surface area contributed by atoms with Crippen molar-refractivity contribution in [2.24, 2.45) is 0 Å². The predicted octanol–water partition coefficient (Wildman–Crippen LogP) is 3.17. The van der Waals surface area contributed by atoms with Crippen molar-refractivity contribution >= 4 is 5.82 Å². The number of phenolic OH excluding ortho intramolecular Hbond substituents is 1. The highest BCUT2D eigenvalue weighted by atomic mass is 16.3. The average Bonchev–Trinajstić information content (AvgIpc) is 3.00. The Morgan fingerprint density at radius 3 is 2.71 bits per heavy atom. The van der Waals surface area contributed by atoms with Crippen LogP contribution < -0.4 is 5.73 Å². The van der Waals surface area contributed by atoms with Crippen LogP contribution in [0.1, 0.15) is 5.56 Å². The van der Waals surface area contributed by atoms with Gasteiger partial charge < -0.3 is 15.3 Å². The van der Waals surface area contributed by atoms with E-state index in [4.69, 9.17) is 10.2 Å². The summed E-state index contributed by atoms with van der Waals surface area (Å²) in [4.78, 5) is 4.19. The van der Waals surface area contributed by atoms with Crippen molar-refractivity contribution < 1.29 is 9.52 Å². The number of nitrogens with zero attached hydrogens (tertiary/aromatic N) is 2. The molecule has 0 bridgehead atoms. The number of nitriles is 1. The van der Waals surface area contributed by atoms with Gasteiger partial charge in [0.05, 0.1) is 6.26 Å². The van der Waals surface area contributed by atoms with E-state index in [2.05, 4.69) is 11.1 Å². The van der Waals surface area contributed by atoms with Crippen LogP contribution in [0.5, 0.6) is 5.75 Å². The number of pyridine rings is 1. The van der Waals surface area contributed by atoms with Gasteiger partial charge >= 0.3 is 0 Å². The highest BCUT2D eigenvalue weighted by Crippen LogP contribution is 2.32. The first-order valence-corrected chi connectivity index (χ1v) is 6.23. The second kappa shape index (κ2) is 5.02. The Bertz CT molecular complexity index is 833. The fourth-order valence-corrected chi connectivity index (χ4v) is 2.13. The molecule has 0 spiro atoms. The quantitative estimate of drug-likeness (QED) is 0.750. The number of benzene rings is 1. The first-order valence-electron chi connectivity index (χ1n) is 6.23. The third kappa shape index (κ3) is 2.30. The smallest absolute Gasteiger partial charge is 0.152 e. The van der Waals surface area contributed by atoms with Gasteiger partial charge in [-0.2, -0.15) is 5.26 Å². The van der Waals surface area contributed by atoms with Crippen molar-refractivity contribution in [1.29, 1.82) is 5.26 Å². The maximum Gasteiger partial charge on any atom is 0.152 e. The summed E-state index contributed by atoms with van der Waals surface area (Å²) in [7, 11) is 0. The summed E-state index contributed by atoms with van der Waals surface area (Å²) in [6, 6.07) is 13.9. The number of nitrogens with two attached hydrogens (primary N) is 1. The van der Waals surface area contributed by atoms with Gasteiger partial charge in [-0.1, -0.05) is 12.1 Å². The molecule has 3 rings (SSSR count). The molecule has 3 N–H and O–H groups in total. The standard InChI is InChI=1S/C16H11N3O2/c17-9-13-12(10-3-1-4-11(20)7-10)8-14(19-16(13)18)15-5-2-6-21-15/h1-8,20H,(H2,18,19). The Morgan fingerprint density at radius 2 is 2.05 bits per heavy atom. The molecule has 5 heteroatoms. The lowest BCUT2D eigenvalue weighted by Crippen LogP contribution is -1.99. The highest BCUT2D eigenvalue weighted by molar-refractivity contribution is 5.79. The molecule has 0 aliphatic heterocycles. The molecule has 21 heavy (non-hydrogen) atoms. The molecule has 102 valence electrons. The van der Waals surface area contributed by atoms with Crippen molar-refractivity contribution in [3.63, 3.8) is 0 Å². The van der Waals surface area contributed by atoms with E-state index in [-0.39, 0.29) is 17.1 Å². The number of furan rings is 1. The van der Waals surface area contributed by atoms with E-state index >= 15 is 0 Å². The summed E-state index contributed by atoms with van der Waals surface area (Å²) in [5.41, 5.74) is 7.98. The largest absolute Gasteiger partial charge is 0.508 e. The summed E-state index contributed by atoms with van der Waals surface area (Å²) in [5.74, 6) is 0.809. The molecule has 0 fully saturated rings. The highest BCUT2D eigenvalue weighted by Gasteiger charge is 2.14. The minimum Gasteiger partial charge on any atom is -0.508 e. The van der Waals surface area contributed by atoms with Crippen LogP contribution in [0.2, 0.25) is 0 Å². The maximum atomic E-state index is 9.61.